The van der Waals surface area contributed by atoms with E-state index < -0.39 is 12.1 Å². The lowest BCUT2D eigenvalue weighted by atomic mass is 9.74. The molecule has 2 aromatic rings. The van der Waals surface area contributed by atoms with E-state index in [0.29, 0.717) is 35.5 Å². The SMILES string of the molecule is CC(C)[C@H]1CC[C@H](C)C[C@@H]1NC1=NC(=Cc2c[nH]c3ncccc23)C(=O)N1.O=C(O)C(F)(F)F. The molecule has 4 N–H and O–H groups in total. The van der Waals surface area contributed by atoms with Crippen molar-refractivity contribution in [2.45, 2.75) is 52.3 Å². The van der Waals surface area contributed by atoms with Crippen LogP contribution in [0.4, 0.5) is 13.2 Å². The minimum atomic E-state index is -5.08. The van der Waals surface area contributed by atoms with E-state index in [1.807, 2.05) is 24.4 Å². The molecule has 2 aromatic heterocycles. The summed E-state index contributed by atoms with van der Waals surface area (Å²) in [6.45, 7) is 6.86. The van der Waals surface area contributed by atoms with Crippen LogP contribution in [0.3, 0.4) is 0 Å². The van der Waals surface area contributed by atoms with E-state index in [-0.39, 0.29) is 5.91 Å². The number of aromatic nitrogens is 2. The predicted molar refractivity (Wildman–Crippen MR) is 122 cm³/mol. The van der Waals surface area contributed by atoms with Gasteiger partial charge in [0.1, 0.15) is 11.3 Å². The van der Waals surface area contributed by atoms with Crippen molar-refractivity contribution >= 4 is 34.9 Å². The van der Waals surface area contributed by atoms with Gasteiger partial charge in [0.05, 0.1) is 0 Å². The molecule has 0 aromatic carbocycles. The second-order valence-corrected chi connectivity index (χ2v) is 8.97. The molecule has 11 heteroatoms. The largest absolute Gasteiger partial charge is 0.490 e. The fourth-order valence-corrected chi connectivity index (χ4v) is 4.32. The monoisotopic (exact) mass is 479 g/mol. The summed E-state index contributed by atoms with van der Waals surface area (Å²) in [5.41, 5.74) is 2.15. The highest BCUT2D eigenvalue weighted by molar-refractivity contribution is 6.14. The number of amides is 1. The lowest BCUT2D eigenvalue weighted by molar-refractivity contribution is -0.192. The fourth-order valence-electron chi connectivity index (χ4n) is 4.32. The maximum Gasteiger partial charge on any atom is 0.490 e. The number of H-pyrrole nitrogens is 1. The highest BCUT2D eigenvalue weighted by Crippen LogP contribution is 2.33. The number of nitrogens with one attached hydrogen (secondary N) is 3. The Balaban J connectivity index is 0.000000406. The highest BCUT2D eigenvalue weighted by Gasteiger charge is 2.38. The van der Waals surface area contributed by atoms with Crippen LogP contribution >= 0.6 is 0 Å². The van der Waals surface area contributed by atoms with Crippen molar-refractivity contribution in [3.8, 4) is 0 Å². The molecule has 4 rings (SSSR count). The van der Waals surface area contributed by atoms with Crippen molar-refractivity contribution in [2.75, 3.05) is 0 Å². The number of nitrogens with zero attached hydrogens (tertiary/aromatic N) is 2. The molecule has 0 unspecified atom stereocenters. The highest BCUT2D eigenvalue weighted by atomic mass is 19.4. The van der Waals surface area contributed by atoms with Crippen LogP contribution in [-0.2, 0) is 9.59 Å². The minimum absolute atomic E-state index is 0.166. The Kier molecular flexibility index (Phi) is 7.63. The molecule has 0 spiro atoms. The van der Waals surface area contributed by atoms with Gasteiger partial charge in [-0.15, -0.1) is 0 Å². The molecule has 1 aliphatic carbocycles. The second kappa shape index (κ2) is 10.3. The standard InChI is InChI=1S/C21H27N5O.C2HF3O2/c1-12(2)15-7-6-13(3)9-17(15)24-21-25-18(20(27)26-21)10-14-11-23-19-16(14)5-4-8-22-19;3-2(4,5)1(6)7/h4-5,8,10-13,15,17H,6-7,9H2,1-3H3,(H,22,23)(H2,24,25,26,27);(H,6,7)/t13-,15+,17-;/m0./s1. The number of carboxylic acids is 1. The minimum Gasteiger partial charge on any atom is -0.475 e. The summed E-state index contributed by atoms with van der Waals surface area (Å²) in [6, 6.07) is 4.22. The topological polar surface area (TPSA) is 119 Å². The first kappa shape index (κ1) is 25.3. The van der Waals surface area contributed by atoms with Gasteiger partial charge in [-0.05, 0) is 48.8 Å². The predicted octanol–water partition coefficient (Wildman–Crippen LogP) is 4.07. The molecule has 1 amide bonds. The van der Waals surface area contributed by atoms with Crippen LogP contribution in [0.2, 0.25) is 0 Å². The summed E-state index contributed by atoms with van der Waals surface area (Å²) in [4.78, 5) is 33.3. The van der Waals surface area contributed by atoms with Gasteiger partial charge in [-0.2, -0.15) is 13.2 Å². The van der Waals surface area contributed by atoms with Crippen LogP contribution in [-0.4, -0.2) is 45.1 Å². The number of aliphatic carboxylic acids is 1. The number of guanidine groups is 1. The molecule has 3 heterocycles. The van der Waals surface area contributed by atoms with Crippen LogP contribution in [0.5, 0.6) is 0 Å². The first-order chi connectivity index (χ1) is 16.0. The van der Waals surface area contributed by atoms with Crippen molar-refractivity contribution in [3.05, 3.63) is 35.8 Å². The van der Waals surface area contributed by atoms with Crippen LogP contribution in [0, 0.1) is 17.8 Å². The van der Waals surface area contributed by atoms with E-state index in [1.54, 1.807) is 6.20 Å². The van der Waals surface area contributed by atoms with Gasteiger partial charge in [0, 0.05) is 29.4 Å². The van der Waals surface area contributed by atoms with Gasteiger partial charge in [-0.25, -0.2) is 14.8 Å². The van der Waals surface area contributed by atoms with Crippen molar-refractivity contribution < 1.29 is 27.9 Å². The maximum absolute atomic E-state index is 12.4. The number of halogens is 3. The Morgan fingerprint density at radius 1 is 1.32 bits per heavy atom. The molecule has 8 nitrogen and oxygen atoms in total. The smallest absolute Gasteiger partial charge is 0.475 e. The third kappa shape index (κ3) is 6.15. The molecular weight excluding hydrogens is 451 g/mol. The quantitative estimate of drug-likeness (QED) is 0.495. The van der Waals surface area contributed by atoms with Crippen molar-refractivity contribution in [3.63, 3.8) is 0 Å². The van der Waals surface area contributed by atoms with E-state index in [1.165, 1.54) is 12.8 Å². The molecule has 2 aliphatic rings. The lowest BCUT2D eigenvalue weighted by Crippen LogP contribution is -2.49. The Hall–Kier alpha value is -3.37. The molecule has 0 radical (unpaired) electrons. The fraction of sp³-hybridized carbons (Fsp3) is 0.478. The summed E-state index contributed by atoms with van der Waals surface area (Å²) in [6.07, 6.45) is 3.95. The number of carbonyl (C=O) groups is 2. The van der Waals surface area contributed by atoms with E-state index in [0.717, 1.165) is 23.0 Å². The zero-order valence-electron chi connectivity index (χ0n) is 19.1. The Morgan fingerprint density at radius 2 is 2.03 bits per heavy atom. The van der Waals surface area contributed by atoms with E-state index in [4.69, 9.17) is 9.90 Å². The van der Waals surface area contributed by atoms with Gasteiger partial charge in [0.15, 0.2) is 0 Å². The average Bonchev–Trinajstić information content (AvgIpc) is 3.31. The Morgan fingerprint density at radius 3 is 2.68 bits per heavy atom. The zero-order chi connectivity index (χ0) is 25.0. The second-order valence-electron chi connectivity index (χ2n) is 8.97. The van der Waals surface area contributed by atoms with Crippen LogP contribution in [0.1, 0.15) is 45.6 Å². The van der Waals surface area contributed by atoms with Gasteiger partial charge in [-0.1, -0.05) is 27.2 Å². The molecule has 1 fully saturated rings. The summed E-state index contributed by atoms with van der Waals surface area (Å²) in [5.74, 6) is -0.430. The number of alkyl halides is 3. The third-order valence-electron chi connectivity index (χ3n) is 6.06. The van der Waals surface area contributed by atoms with E-state index >= 15 is 0 Å². The van der Waals surface area contributed by atoms with Gasteiger partial charge in [0.25, 0.3) is 5.91 Å². The summed E-state index contributed by atoms with van der Waals surface area (Å²) >= 11 is 0. The van der Waals surface area contributed by atoms with Gasteiger partial charge in [0.2, 0.25) is 5.96 Å². The van der Waals surface area contributed by atoms with Gasteiger partial charge in [-0.3, -0.25) is 10.1 Å². The van der Waals surface area contributed by atoms with Gasteiger partial charge >= 0.3 is 12.1 Å². The van der Waals surface area contributed by atoms with Crippen molar-refractivity contribution in [1.82, 2.24) is 20.6 Å². The third-order valence-corrected chi connectivity index (χ3v) is 6.06. The van der Waals surface area contributed by atoms with Crippen LogP contribution in [0.25, 0.3) is 17.1 Å². The number of rotatable bonds is 3. The van der Waals surface area contributed by atoms with Crippen LogP contribution in [0.15, 0.2) is 35.2 Å². The van der Waals surface area contributed by atoms with Crippen molar-refractivity contribution in [2.24, 2.45) is 22.7 Å². The molecule has 1 saturated carbocycles. The molecule has 184 valence electrons. The number of hydrogen-bond donors (Lipinski definition) is 4. The van der Waals surface area contributed by atoms with Gasteiger partial charge < -0.3 is 15.4 Å². The summed E-state index contributed by atoms with van der Waals surface area (Å²) in [7, 11) is 0. The molecule has 0 bridgehead atoms. The Labute approximate surface area is 194 Å². The maximum atomic E-state index is 12.4. The molecule has 34 heavy (non-hydrogen) atoms. The summed E-state index contributed by atoms with van der Waals surface area (Å²) in [5, 5.41) is 14.5. The Bertz CT molecular complexity index is 1110. The number of carboxylic acid groups (broad SMARTS) is 1. The zero-order valence-corrected chi connectivity index (χ0v) is 19.1. The molecule has 0 saturated heterocycles. The average molecular weight is 480 g/mol. The first-order valence-corrected chi connectivity index (χ1v) is 11.1. The number of aliphatic imine (C=N–C) groups is 1. The van der Waals surface area contributed by atoms with Crippen LogP contribution < -0.4 is 10.6 Å². The molecular formula is C23H28F3N5O3. The van der Waals surface area contributed by atoms with Crippen molar-refractivity contribution in [1.29, 1.82) is 0 Å². The molecule has 3 atom stereocenters. The number of aromatic amines is 1. The number of fused-ring (bicyclic) bond motifs is 1. The number of hydrogen-bond acceptors (Lipinski definition) is 5. The number of carbonyl (C=O) groups excluding carboxylic acids is 1. The molecule has 1 aliphatic heterocycles. The van der Waals surface area contributed by atoms with E-state index in [2.05, 4.69) is 46.4 Å². The number of pyridine rings is 1. The normalized spacial score (nSPS) is 24.0. The lowest BCUT2D eigenvalue weighted by Gasteiger charge is -2.38. The first-order valence-electron chi connectivity index (χ1n) is 11.1. The summed E-state index contributed by atoms with van der Waals surface area (Å²) < 4.78 is 31.7. The van der Waals surface area contributed by atoms with E-state index in [9.17, 15) is 18.0 Å².